The maximum absolute atomic E-state index is 11.1. The monoisotopic (exact) mass is 370 g/mol. The number of carboxylic acid groups (broad SMARTS) is 1. The lowest BCUT2D eigenvalue weighted by Gasteiger charge is -2.18. The van der Waals surface area contributed by atoms with Gasteiger partial charge >= 0.3 is 5.97 Å². The van der Waals surface area contributed by atoms with Gasteiger partial charge in [0.25, 0.3) is 5.91 Å². The fraction of sp³-hybridized carbons (Fsp3) is 0.235. The van der Waals surface area contributed by atoms with E-state index >= 15 is 0 Å². The molecule has 0 saturated heterocycles. The van der Waals surface area contributed by atoms with E-state index in [1.165, 1.54) is 23.7 Å². The second-order valence-corrected chi connectivity index (χ2v) is 6.28. The fourth-order valence-electron chi connectivity index (χ4n) is 2.75. The van der Waals surface area contributed by atoms with E-state index in [0.717, 1.165) is 6.08 Å². The molecule has 4 N–H and O–H groups in total. The number of aromatic carboxylic acids is 1. The molecule has 0 aliphatic carbocycles. The average Bonchev–Trinajstić information content (AvgIpc) is 3.25. The minimum Gasteiger partial charge on any atom is -0.478 e. The minimum absolute atomic E-state index is 0.101. The van der Waals surface area contributed by atoms with Gasteiger partial charge in [0.2, 0.25) is 0 Å². The van der Waals surface area contributed by atoms with Gasteiger partial charge < -0.3 is 10.1 Å². The quantitative estimate of drug-likeness (QED) is 0.293. The van der Waals surface area contributed by atoms with Crippen LogP contribution in [0.4, 0.5) is 0 Å². The van der Waals surface area contributed by atoms with Crippen LogP contribution < -0.4 is 5.48 Å². The predicted molar refractivity (Wildman–Crippen MR) is 95.0 cm³/mol. The molecule has 0 bridgehead atoms. The van der Waals surface area contributed by atoms with Crippen LogP contribution in [-0.4, -0.2) is 47.2 Å². The Kier molecular flexibility index (Phi) is 4.99. The van der Waals surface area contributed by atoms with Crippen molar-refractivity contribution in [1.29, 1.82) is 0 Å². The molecule has 0 saturated carbocycles. The SMILES string of the molecule is CC(C)C(c1nc2ccc(C(=O)O)cc2[nH]1)n1cc(/C=C/C(=O)NO)nn1. The first kappa shape index (κ1) is 18.3. The zero-order valence-corrected chi connectivity index (χ0v) is 14.6. The van der Waals surface area contributed by atoms with Crippen LogP contribution in [0.1, 0.15) is 41.8 Å². The number of benzene rings is 1. The van der Waals surface area contributed by atoms with Crippen molar-refractivity contribution in [2.24, 2.45) is 5.92 Å². The van der Waals surface area contributed by atoms with E-state index in [0.29, 0.717) is 22.6 Å². The molecule has 10 nitrogen and oxygen atoms in total. The number of H-pyrrole nitrogens is 1. The summed E-state index contributed by atoms with van der Waals surface area (Å²) in [6.45, 7) is 3.99. The highest BCUT2D eigenvalue weighted by molar-refractivity contribution is 5.92. The van der Waals surface area contributed by atoms with Gasteiger partial charge in [-0.2, -0.15) is 0 Å². The number of nitrogens with one attached hydrogen (secondary N) is 2. The number of rotatable bonds is 6. The Hall–Kier alpha value is -3.53. The van der Waals surface area contributed by atoms with Crippen LogP contribution in [0.15, 0.2) is 30.5 Å². The Morgan fingerprint density at radius 2 is 2.11 bits per heavy atom. The van der Waals surface area contributed by atoms with Gasteiger partial charge in [0.15, 0.2) is 0 Å². The van der Waals surface area contributed by atoms with Gasteiger partial charge in [0.1, 0.15) is 17.6 Å². The Labute approximate surface area is 153 Å². The van der Waals surface area contributed by atoms with E-state index in [1.54, 1.807) is 16.9 Å². The van der Waals surface area contributed by atoms with Gasteiger partial charge in [-0.3, -0.25) is 10.0 Å². The summed E-state index contributed by atoms with van der Waals surface area (Å²) >= 11 is 0. The Morgan fingerprint density at radius 3 is 2.78 bits per heavy atom. The number of hydrogen-bond acceptors (Lipinski definition) is 6. The van der Waals surface area contributed by atoms with Crippen molar-refractivity contribution in [3.8, 4) is 0 Å². The van der Waals surface area contributed by atoms with Crippen molar-refractivity contribution >= 4 is 29.0 Å². The highest BCUT2D eigenvalue weighted by atomic mass is 16.5. The Bertz CT molecular complexity index is 1020. The number of hydroxylamine groups is 1. The third kappa shape index (κ3) is 3.85. The molecule has 0 aliphatic rings. The molecule has 3 rings (SSSR count). The molecule has 0 spiro atoms. The largest absolute Gasteiger partial charge is 0.478 e. The summed E-state index contributed by atoms with van der Waals surface area (Å²) in [5, 5.41) is 25.7. The predicted octanol–water partition coefficient (Wildman–Crippen LogP) is 1.62. The lowest BCUT2D eigenvalue weighted by atomic mass is 10.0. The van der Waals surface area contributed by atoms with Crippen molar-refractivity contribution in [1.82, 2.24) is 30.4 Å². The molecule has 0 fully saturated rings. The number of imidazole rings is 1. The zero-order valence-electron chi connectivity index (χ0n) is 14.6. The smallest absolute Gasteiger partial charge is 0.335 e. The van der Waals surface area contributed by atoms with E-state index in [4.69, 9.17) is 10.3 Å². The summed E-state index contributed by atoms with van der Waals surface area (Å²) in [6.07, 6.45) is 4.21. The Balaban J connectivity index is 1.95. The molecular formula is C17H18N6O4. The lowest BCUT2D eigenvalue weighted by Crippen LogP contribution is -2.18. The Morgan fingerprint density at radius 1 is 1.33 bits per heavy atom. The summed E-state index contributed by atoms with van der Waals surface area (Å²) in [4.78, 5) is 29.9. The van der Waals surface area contributed by atoms with Crippen LogP contribution in [0, 0.1) is 5.92 Å². The highest BCUT2D eigenvalue weighted by Crippen LogP contribution is 2.26. The number of amides is 1. The van der Waals surface area contributed by atoms with Crippen LogP contribution in [-0.2, 0) is 4.79 Å². The third-order valence-electron chi connectivity index (χ3n) is 3.99. The summed E-state index contributed by atoms with van der Waals surface area (Å²) < 4.78 is 1.62. The summed E-state index contributed by atoms with van der Waals surface area (Å²) in [6, 6.07) is 4.42. The van der Waals surface area contributed by atoms with Gasteiger partial charge in [-0.05, 0) is 30.2 Å². The highest BCUT2D eigenvalue weighted by Gasteiger charge is 2.23. The van der Waals surface area contributed by atoms with E-state index in [2.05, 4.69) is 20.3 Å². The van der Waals surface area contributed by atoms with Crippen molar-refractivity contribution in [3.05, 3.63) is 47.6 Å². The molecule has 1 unspecified atom stereocenters. The fourth-order valence-corrected chi connectivity index (χ4v) is 2.75. The first-order valence-electron chi connectivity index (χ1n) is 8.16. The van der Waals surface area contributed by atoms with E-state index in [9.17, 15) is 9.59 Å². The molecule has 2 heterocycles. The van der Waals surface area contributed by atoms with Crippen LogP contribution in [0.2, 0.25) is 0 Å². The molecule has 1 amide bonds. The molecule has 0 radical (unpaired) electrons. The molecular weight excluding hydrogens is 352 g/mol. The van der Waals surface area contributed by atoms with Crippen molar-refractivity contribution < 1.29 is 19.9 Å². The van der Waals surface area contributed by atoms with Gasteiger partial charge in [-0.1, -0.05) is 19.1 Å². The number of carbonyl (C=O) groups is 2. The van der Waals surface area contributed by atoms with Crippen molar-refractivity contribution in [2.75, 3.05) is 0 Å². The molecule has 3 aromatic rings. The van der Waals surface area contributed by atoms with Crippen molar-refractivity contribution in [3.63, 3.8) is 0 Å². The van der Waals surface area contributed by atoms with E-state index in [-0.39, 0.29) is 17.5 Å². The molecule has 1 aromatic carbocycles. The number of carbonyl (C=O) groups excluding carboxylic acids is 1. The van der Waals surface area contributed by atoms with Crippen LogP contribution in [0.5, 0.6) is 0 Å². The van der Waals surface area contributed by atoms with Crippen LogP contribution >= 0.6 is 0 Å². The topological polar surface area (TPSA) is 146 Å². The standard InChI is InChI=1S/C17H18N6O4/c1-9(2)15(23-8-11(20-22-23)4-6-14(24)21-27)16-18-12-5-3-10(17(25)26)7-13(12)19-16/h3-9,15,27H,1-2H3,(H,18,19)(H,21,24)(H,25,26)/b6-4+. The number of nitrogens with zero attached hydrogens (tertiary/aromatic N) is 4. The average molecular weight is 370 g/mol. The number of fused-ring (bicyclic) bond motifs is 1. The van der Waals surface area contributed by atoms with Crippen molar-refractivity contribution in [2.45, 2.75) is 19.9 Å². The summed E-state index contributed by atoms with van der Waals surface area (Å²) in [5.41, 5.74) is 3.39. The van der Waals surface area contributed by atoms with Gasteiger partial charge in [-0.15, -0.1) is 5.10 Å². The minimum atomic E-state index is -1.01. The number of aromatic nitrogens is 5. The van der Waals surface area contributed by atoms with E-state index in [1.807, 2.05) is 13.8 Å². The number of aromatic amines is 1. The first-order chi connectivity index (χ1) is 12.9. The van der Waals surface area contributed by atoms with Gasteiger partial charge in [0, 0.05) is 6.08 Å². The lowest BCUT2D eigenvalue weighted by molar-refractivity contribution is -0.124. The number of carboxylic acids is 1. The third-order valence-corrected chi connectivity index (χ3v) is 3.99. The summed E-state index contributed by atoms with van der Waals surface area (Å²) in [7, 11) is 0. The number of hydrogen-bond donors (Lipinski definition) is 4. The normalized spacial score (nSPS) is 12.7. The maximum Gasteiger partial charge on any atom is 0.335 e. The van der Waals surface area contributed by atoms with Gasteiger partial charge in [-0.25, -0.2) is 19.9 Å². The second kappa shape index (κ2) is 7.38. The van der Waals surface area contributed by atoms with Crippen LogP contribution in [0.3, 0.4) is 0 Å². The molecule has 1 atom stereocenters. The first-order valence-corrected chi connectivity index (χ1v) is 8.16. The molecule has 27 heavy (non-hydrogen) atoms. The molecule has 2 aromatic heterocycles. The molecule has 140 valence electrons. The molecule has 0 aliphatic heterocycles. The van der Waals surface area contributed by atoms with Gasteiger partial charge in [0.05, 0.1) is 22.8 Å². The van der Waals surface area contributed by atoms with E-state index < -0.39 is 11.9 Å². The summed E-state index contributed by atoms with van der Waals surface area (Å²) in [5.74, 6) is -0.954. The molecule has 10 heteroatoms. The van der Waals surface area contributed by atoms with Crippen LogP contribution in [0.25, 0.3) is 17.1 Å². The second-order valence-electron chi connectivity index (χ2n) is 6.28. The zero-order chi connectivity index (χ0) is 19.6. The maximum atomic E-state index is 11.1.